The van der Waals surface area contributed by atoms with Gasteiger partial charge in [-0.05, 0) is 34.6 Å². The average molecular weight is 335 g/mol. The van der Waals surface area contributed by atoms with Crippen LogP contribution in [0.2, 0.25) is 0 Å². The van der Waals surface area contributed by atoms with E-state index in [0.29, 0.717) is 0 Å². The number of hydrogen-bond acceptors (Lipinski definition) is 5. The number of pyridine rings is 1. The van der Waals surface area contributed by atoms with Gasteiger partial charge in [0.2, 0.25) is 5.88 Å². The van der Waals surface area contributed by atoms with Crippen molar-refractivity contribution in [1.82, 2.24) is 4.98 Å². The third-order valence-corrected chi connectivity index (χ3v) is 2.43. The summed E-state index contributed by atoms with van der Waals surface area (Å²) in [5, 5.41) is 0. The van der Waals surface area contributed by atoms with Crippen molar-refractivity contribution >= 4 is 5.97 Å². The lowest BCUT2D eigenvalue weighted by Gasteiger charge is -2.19. The number of carbonyl (C=O) groups excluding carboxylic acids is 1. The normalized spacial score (nSPS) is 11.7. The zero-order chi connectivity index (χ0) is 17.8. The van der Waals surface area contributed by atoms with Gasteiger partial charge in [0, 0.05) is 6.07 Å². The number of rotatable bonds is 6. The molecule has 0 radical (unpaired) electrons. The predicted molar refractivity (Wildman–Crippen MR) is 76.7 cm³/mol. The molecule has 1 heterocycles. The quantitative estimate of drug-likeness (QED) is 0.739. The van der Waals surface area contributed by atoms with E-state index in [4.69, 9.17) is 14.2 Å². The molecule has 0 aliphatic rings. The number of ether oxygens (including phenoxy) is 3. The molecule has 0 fully saturated rings. The molecule has 5 nitrogen and oxygen atoms in total. The first-order valence-electron chi connectivity index (χ1n) is 7.18. The Morgan fingerprint density at radius 3 is 2.17 bits per heavy atom. The third kappa shape index (κ3) is 5.30. The van der Waals surface area contributed by atoms with Gasteiger partial charge >= 0.3 is 12.1 Å². The fourth-order valence-corrected chi connectivity index (χ4v) is 1.75. The lowest BCUT2D eigenvalue weighted by atomic mass is 10.1. The standard InChI is InChI=1S/C15H20F3NO4/c1-6-21-14(20)12-10(22-8(2)3)7-11(23-9(4)5)19-13(12)15(16,17)18/h7-9H,6H2,1-5H3. The number of hydrogen-bond donors (Lipinski definition) is 0. The maximum absolute atomic E-state index is 13.3. The summed E-state index contributed by atoms with van der Waals surface area (Å²) >= 11 is 0. The van der Waals surface area contributed by atoms with Gasteiger partial charge in [0.25, 0.3) is 0 Å². The molecule has 0 aromatic carbocycles. The van der Waals surface area contributed by atoms with Crippen LogP contribution in [0.25, 0.3) is 0 Å². The fourth-order valence-electron chi connectivity index (χ4n) is 1.75. The summed E-state index contributed by atoms with van der Waals surface area (Å²) in [7, 11) is 0. The number of nitrogens with zero attached hydrogens (tertiary/aromatic N) is 1. The molecule has 1 aromatic rings. The van der Waals surface area contributed by atoms with Crippen molar-refractivity contribution in [3.05, 3.63) is 17.3 Å². The van der Waals surface area contributed by atoms with Crippen molar-refractivity contribution in [1.29, 1.82) is 0 Å². The highest BCUT2D eigenvalue weighted by Crippen LogP contribution is 2.38. The monoisotopic (exact) mass is 335 g/mol. The second-order valence-electron chi connectivity index (χ2n) is 5.23. The number of carbonyl (C=O) groups is 1. The van der Waals surface area contributed by atoms with Crippen LogP contribution in [0.4, 0.5) is 13.2 Å². The summed E-state index contributed by atoms with van der Waals surface area (Å²) < 4.78 is 55.2. The Morgan fingerprint density at radius 2 is 1.74 bits per heavy atom. The molecule has 0 N–H and O–H groups in total. The molecular weight excluding hydrogens is 315 g/mol. The second kappa shape index (κ2) is 7.52. The molecule has 130 valence electrons. The van der Waals surface area contributed by atoms with Crippen LogP contribution < -0.4 is 9.47 Å². The lowest BCUT2D eigenvalue weighted by molar-refractivity contribution is -0.142. The zero-order valence-electron chi connectivity index (χ0n) is 13.7. The van der Waals surface area contributed by atoms with Gasteiger partial charge in [-0.1, -0.05) is 0 Å². The van der Waals surface area contributed by atoms with Crippen LogP contribution in [0.15, 0.2) is 6.07 Å². The minimum Gasteiger partial charge on any atom is -0.490 e. The van der Waals surface area contributed by atoms with Gasteiger partial charge in [-0.25, -0.2) is 9.78 Å². The first-order chi connectivity index (χ1) is 10.6. The number of alkyl halides is 3. The van der Waals surface area contributed by atoms with Gasteiger partial charge in [-0.3, -0.25) is 0 Å². The molecule has 0 atom stereocenters. The van der Waals surface area contributed by atoms with E-state index in [1.165, 1.54) is 13.0 Å². The van der Waals surface area contributed by atoms with Gasteiger partial charge in [0.1, 0.15) is 11.3 Å². The number of aromatic nitrogens is 1. The van der Waals surface area contributed by atoms with Crippen LogP contribution in [0.5, 0.6) is 11.6 Å². The molecule has 0 spiro atoms. The first kappa shape index (κ1) is 19.1. The SMILES string of the molecule is CCOC(=O)c1c(OC(C)C)cc(OC(C)C)nc1C(F)(F)F. The van der Waals surface area contributed by atoms with E-state index < -0.39 is 29.5 Å². The highest BCUT2D eigenvalue weighted by Gasteiger charge is 2.41. The number of halogens is 3. The maximum Gasteiger partial charge on any atom is 0.434 e. The number of esters is 1. The molecule has 0 aliphatic heterocycles. The van der Waals surface area contributed by atoms with Crippen LogP contribution in [-0.4, -0.2) is 29.8 Å². The summed E-state index contributed by atoms with van der Waals surface area (Å²) in [5.41, 5.74) is -2.13. The van der Waals surface area contributed by atoms with Crippen molar-refractivity contribution in [2.75, 3.05) is 6.61 Å². The summed E-state index contributed by atoms with van der Waals surface area (Å²) in [6, 6.07) is 1.17. The van der Waals surface area contributed by atoms with E-state index >= 15 is 0 Å². The molecule has 0 bridgehead atoms. The Balaban J connectivity index is 3.55. The molecule has 8 heteroatoms. The van der Waals surface area contributed by atoms with Crippen molar-refractivity contribution in [3.63, 3.8) is 0 Å². The van der Waals surface area contributed by atoms with E-state index in [2.05, 4.69) is 4.98 Å². The molecule has 0 saturated heterocycles. The van der Waals surface area contributed by atoms with E-state index in [1.807, 2.05) is 0 Å². The minimum atomic E-state index is -4.85. The van der Waals surface area contributed by atoms with Crippen LogP contribution in [0.1, 0.15) is 50.7 Å². The third-order valence-electron chi connectivity index (χ3n) is 2.43. The first-order valence-corrected chi connectivity index (χ1v) is 7.18. The van der Waals surface area contributed by atoms with Crippen LogP contribution in [0, 0.1) is 0 Å². The van der Waals surface area contributed by atoms with Crippen molar-refractivity contribution in [3.8, 4) is 11.6 Å². The highest BCUT2D eigenvalue weighted by atomic mass is 19.4. The molecule has 0 amide bonds. The Kier molecular flexibility index (Phi) is 6.23. The Labute approximate surface area is 132 Å². The summed E-state index contributed by atoms with van der Waals surface area (Å²) in [6.45, 7) is 7.99. The molecule has 0 saturated carbocycles. The van der Waals surface area contributed by atoms with E-state index in [-0.39, 0.29) is 24.3 Å². The molecule has 1 rings (SSSR count). The van der Waals surface area contributed by atoms with Gasteiger partial charge in [0.05, 0.1) is 18.8 Å². The van der Waals surface area contributed by atoms with Gasteiger partial charge in [-0.2, -0.15) is 13.2 Å². The van der Waals surface area contributed by atoms with Crippen LogP contribution in [0.3, 0.4) is 0 Å². The summed E-state index contributed by atoms with van der Waals surface area (Å²) in [6.07, 6.45) is -5.68. The van der Waals surface area contributed by atoms with Gasteiger partial charge < -0.3 is 14.2 Å². The Bertz CT molecular complexity index is 556. The highest BCUT2D eigenvalue weighted by molar-refractivity contribution is 5.94. The second-order valence-corrected chi connectivity index (χ2v) is 5.23. The molecule has 1 aromatic heterocycles. The summed E-state index contributed by atoms with van der Waals surface area (Å²) in [4.78, 5) is 15.4. The maximum atomic E-state index is 13.3. The van der Waals surface area contributed by atoms with E-state index in [1.54, 1.807) is 27.7 Å². The predicted octanol–water partition coefficient (Wildman–Crippen LogP) is 3.85. The lowest BCUT2D eigenvalue weighted by Crippen LogP contribution is -2.21. The zero-order valence-corrected chi connectivity index (χ0v) is 13.7. The molecular formula is C15H20F3NO4. The van der Waals surface area contributed by atoms with Gasteiger partial charge in [0.15, 0.2) is 5.69 Å². The fraction of sp³-hybridized carbons (Fsp3) is 0.600. The van der Waals surface area contributed by atoms with Crippen molar-refractivity contribution in [2.24, 2.45) is 0 Å². The van der Waals surface area contributed by atoms with E-state index in [0.717, 1.165) is 0 Å². The van der Waals surface area contributed by atoms with E-state index in [9.17, 15) is 18.0 Å². The van der Waals surface area contributed by atoms with Crippen molar-refractivity contribution < 1.29 is 32.2 Å². The largest absolute Gasteiger partial charge is 0.490 e. The molecule has 0 unspecified atom stereocenters. The molecule has 0 aliphatic carbocycles. The van der Waals surface area contributed by atoms with Crippen molar-refractivity contribution in [2.45, 2.75) is 53.0 Å². The van der Waals surface area contributed by atoms with Crippen LogP contribution in [-0.2, 0) is 10.9 Å². The molecule has 23 heavy (non-hydrogen) atoms. The Hall–Kier alpha value is -1.99. The summed E-state index contributed by atoms with van der Waals surface area (Å²) in [5.74, 6) is -1.67. The minimum absolute atomic E-state index is 0.0680. The average Bonchev–Trinajstić information content (AvgIpc) is 2.35. The Morgan fingerprint density at radius 1 is 1.17 bits per heavy atom. The smallest absolute Gasteiger partial charge is 0.434 e. The van der Waals surface area contributed by atoms with Crippen LogP contribution >= 0.6 is 0 Å². The topological polar surface area (TPSA) is 57.7 Å². The van der Waals surface area contributed by atoms with Gasteiger partial charge in [-0.15, -0.1) is 0 Å².